The summed E-state index contributed by atoms with van der Waals surface area (Å²) in [7, 11) is 1.89. The van der Waals surface area contributed by atoms with Crippen LogP contribution in [0.3, 0.4) is 0 Å². The lowest BCUT2D eigenvalue weighted by Gasteiger charge is -2.40. The van der Waals surface area contributed by atoms with Crippen molar-refractivity contribution in [2.45, 2.75) is 32.1 Å². The van der Waals surface area contributed by atoms with Gasteiger partial charge in [0.1, 0.15) is 0 Å². The first-order chi connectivity index (χ1) is 11.0. The predicted octanol–water partition coefficient (Wildman–Crippen LogP) is 3.36. The minimum Gasteiger partial charge on any atom is -0.330 e. The number of amides is 1. The van der Waals surface area contributed by atoms with Crippen LogP contribution in [0.4, 0.5) is 0 Å². The first-order valence-corrected chi connectivity index (χ1v) is 9.03. The number of carbonyl (C=O) groups is 1. The van der Waals surface area contributed by atoms with E-state index in [2.05, 4.69) is 24.2 Å². The molecule has 0 bridgehead atoms. The van der Waals surface area contributed by atoms with E-state index in [1.165, 1.54) is 5.56 Å². The first kappa shape index (κ1) is 16.1. The first-order valence-electron chi connectivity index (χ1n) is 7.98. The van der Waals surface area contributed by atoms with Crippen LogP contribution >= 0.6 is 11.8 Å². The fraction of sp³-hybridized carbons (Fsp3) is 0.444. The van der Waals surface area contributed by atoms with E-state index in [1.807, 2.05) is 55.8 Å². The molecule has 2 aromatic rings. The molecule has 0 radical (unpaired) electrons. The van der Waals surface area contributed by atoms with Crippen LogP contribution in [0.15, 0.2) is 30.3 Å². The third-order valence-corrected chi connectivity index (χ3v) is 5.82. The van der Waals surface area contributed by atoms with Crippen LogP contribution in [0.1, 0.15) is 40.3 Å². The van der Waals surface area contributed by atoms with Gasteiger partial charge in [0.2, 0.25) is 0 Å². The molecule has 0 N–H and O–H groups in total. The molecule has 1 fully saturated rings. The van der Waals surface area contributed by atoms with Gasteiger partial charge in [-0.25, -0.2) is 0 Å². The number of rotatable bonds is 2. The van der Waals surface area contributed by atoms with Crippen molar-refractivity contribution < 1.29 is 4.79 Å². The Hall–Kier alpha value is -1.75. The second kappa shape index (κ2) is 6.40. The van der Waals surface area contributed by atoms with Crippen molar-refractivity contribution in [3.8, 4) is 0 Å². The van der Waals surface area contributed by atoms with E-state index in [0.717, 1.165) is 29.2 Å². The van der Waals surface area contributed by atoms with Crippen molar-refractivity contribution in [3.63, 3.8) is 0 Å². The summed E-state index contributed by atoms with van der Waals surface area (Å²) in [6.45, 7) is 6.87. The van der Waals surface area contributed by atoms with Gasteiger partial charge in [0.15, 0.2) is 0 Å². The van der Waals surface area contributed by atoms with Gasteiger partial charge in [-0.15, -0.1) is 0 Å². The molecule has 2 atom stereocenters. The summed E-state index contributed by atoms with van der Waals surface area (Å²) >= 11 is 1.94. The molecular weight excluding hydrogens is 306 g/mol. The van der Waals surface area contributed by atoms with E-state index < -0.39 is 0 Å². The molecule has 0 spiro atoms. The number of hydrogen-bond acceptors (Lipinski definition) is 3. The normalized spacial score (nSPS) is 21.5. The Balaban J connectivity index is 2.00. The van der Waals surface area contributed by atoms with E-state index in [9.17, 15) is 4.79 Å². The van der Waals surface area contributed by atoms with Crippen molar-refractivity contribution in [2.75, 3.05) is 12.3 Å². The number of aromatic nitrogens is 2. The maximum absolute atomic E-state index is 13.2. The molecule has 1 saturated heterocycles. The average Bonchev–Trinajstić information content (AvgIpc) is 2.80. The average molecular weight is 329 g/mol. The van der Waals surface area contributed by atoms with Crippen LogP contribution in [0.25, 0.3) is 0 Å². The summed E-state index contributed by atoms with van der Waals surface area (Å²) in [6, 6.07) is 10.5. The fourth-order valence-corrected chi connectivity index (χ4v) is 4.54. The van der Waals surface area contributed by atoms with Gasteiger partial charge < -0.3 is 4.90 Å². The Labute approximate surface area is 141 Å². The third kappa shape index (κ3) is 2.90. The van der Waals surface area contributed by atoms with Gasteiger partial charge in [-0.3, -0.25) is 9.48 Å². The zero-order valence-corrected chi connectivity index (χ0v) is 14.9. The molecule has 1 aromatic carbocycles. The Morgan fingerprint density at radius 3 is 2.57 bits per heavy atom. The topological polar surface area (TPSA) is 38.1 Å². The largest absolute Gasteiger partial charge is 0.330 e. The molecule has 1 amide bonds. The van der Waals surface area contributed by atoms with Crippen molar-refractivity contribution in [3.05, 3.63) is 52.8 Å². The zero-order valence-electron chi connectivity index (χ0n) is 14.1. The number of nitrogens with zero attached hydrogens (tertiary/aromatic N) is 3. The molecular formula is C18H23N3OS. The summed E-state index contributed by atoms with van der Waals surface area (Å²) in [6.07, 6.45) is 0. The minimum atomic E-state index is 0.106. The van der Waals surface area contributed by atoms with Gasteiger partial charge >= 0.3 is 0 Å². The summed E-state index contributed by atoms with van der Waals surface area (Å²) in [5.41, 5.74) is 3.71. The highest BCUT2D eigenvalue weighted by Crippen LogP contribution is 2.37. The molecule has 5 heteroatoms. The van der Waals surface area contributed by atoms with Crippen LogP contribution < -0.4 is 0 Å². The smallest absolute Gasteiger partial charge is 0.258 e. The molecule has 2 heterocycles. The highest BCUT2D eigenvalue weighted by Gasteiger charge is 2.35. The molecule has 0 aliphatic carbocycles. The van der Waals surface area contributed by atoms with Gasteiger partial charge in [0.05, 0.1) is 17.3 Å². The lowest BCUT2D eigenvalue weighted by Crippen LogP contribution is -2.44. The Morgan fingerprint density at radius 2 is 1.96 bits per heavy atom. The number of benzene rings is 1. The van der Waals surface area contributed by atoms with E-state index in [4.69, 9.17) is 0 Å². The Morgan fingerprint density at radius 1 is 1.26 bits per heavy atom. The Kier molecular flexibility index (Phi) is 4.48. The molecule has 4 nitrogen and oxygen atoms in total. The quantitative estimate of drug-likeness (QED) is 0.848. The number of carbonyl (C=O) groups excluding carboxylic acids is 1. The second-order valence-electron chi connectivity index (χ2n) is 6.10. The standard InChI is InChI=1S/C18H23N3OS/c1-12-16(13(2)20(4)19-12)18(22)21-10-11-23-14(3)17(21)15-8-6-5-7-9-15/h5-9,14,17H,10-11H2,1-4H3/t14-,17-/m0/s1. The molecule has 1 aromatic heterocycles. The fourth-order valence-electron chi connectivity index (χ4n) is 3.38. The van der Waals surface area contributed by atoms with Crippen LogP contribution in [0.5, 0.6) is 0 Å². The van der Waals surface area contributed by atoms with E-state index in [0.29, 0.717) is 5.25 Å². The Bertz CT molecular complexity index is 711. The number of thioether (sulfide) groups is 1. The molecule has 0 saturated carbocycles. The second-order valence-corrected chi connectivity index (χ2v) is 7.58. The highest BCUT2D eigenvalue weighted by molar-refractivity contribution is 8.00. The van der Waals surface area contributed by atoms with E-state index in [1.54, 1.807) is 4.68 Å². The summed E-state index contributed by atoms with van der Waals surface area (Å²) in [5.74, 6) is 1.09. The molecule has 0 unspecified atom stereocenters. The highest BCUT2D eigenvalue weighted by atomic mass is 32.2. The number of aryl methyl sites for hydroxylation is 2. The van der Waals surface area contributed by atoms with Crippen LogP contribution in [0.2, 0.25) is 0 Å². The van der Waals surface area contributed by atoms with Crippen molar-refractivity contribution >= 4 is 17.7 Å². The zero-order chi connectivity index (χ0) is 16.6. The van der Waals surface area contributed by atoms with Crippen molar-refractivity contribution in [2.24, 2.45) is 7.05 Å². The summed E-state index contributed by atoms with van der Waals surface area (Å²) < 4.78 is 1.79. The lowest BCUT2D eigenvalue weighted by atomic mass is 10.0. The van der Waals surface area contributed by atoms with Crippen molar-refractivity contribution in [1.29, 1.82) is 0 Å². The SMILES string of the molecule is Cc1nn(C)c(C)c1C(=O)N1CCS[C@@H](C)[C@H]1c1ccccc1. The van der Waals surface area contributed by atoms with Gasteiger partial charge in [-0.2, -0.15) is 16.9 Å². The third-order valence-electron chi connectivity index (χ3n) is 4.62. The molecule has 1 aliphatic heterocycles. The summed E-state index contributed by atoms with van der Waals surface area (Å²) in [5, 5.41) is 4.79. The van der Waals surface area contributed by atoms with Gasteiger partial charge in [0, 0.05) is 30.3 Å². The maximum Gasteiger partial charge on any atom is 0.258 e. The van der Waals surface area contributed by atoms with E-state index in [-0.39, 0.29) is 11.9 Å². The van der Waals surface area contributed by atoms with Gasteiger partial charge in [-0.1, -0.05) is 37.3 Å². The minimum absolute atomic E-state index is 0.106. The lowest BCUT2D eigenvalue weighted by molar-refractivity contribution is 0.0679. The van der Waals surface area contributed by atoms with E-state index >= 15 is 0 Å². The molecule has 23 heavy (non-hydrogen) atoms. The van der Waals surface area contributed by atoms with Crippen molar-refractivity contribution in [1.82, 2.24) is 14.7 Å². The van der Waals surface area contributed by atoms with Crippen LogP contribution in [0, 0.1) is 13.8 Å². The summed E-state index contributed by atoms with van der Waals surface area (Å²) in [4.78, 5) is 15.3. The number of hydrogen-bond donors (Lipinski definition) is 0. The predicted molar refractivity (Wildman–Crippen MR) is 94.8 cm³/mol. The molecule has 1 aliphatic rings. The van der Waals surface area contributed by atoms with Crippen LogP contribution in [-0.4, -0.2) is 38.1 Å². The molecule has 122 valence electrons. The molecule has 3 rings (SSSR count). The van der Waals surface area contributed by atoms with Gasteiger partial charge in [0.25, 0.3) is 5.91 Å². The maximum atomic E-state index is 13.2. The monoisotopic (exact) mass is 329 g/mol. The van der Waals surface area contributed by atoms with Crippen LogP contribution in [-0.2, 0) is 7.05 Å². The van der Waals surface area contributed by atoms with Gasteiger partial charge in [-0.05, 0) is 19.4 Å².